The van der Waals surface area contributed by atoms with Crippen LogP contribution in [0.25, 0.3) is 0 Å². The molecule has 2 N–H and O–H groups in total. The smallest absolute Gasteiger partial charge is 0.410 e. The minimum absolute atomic E-state index is 0.363. The first-order valence-corrected chi connectivity index (χ1v) is 9.41. The van der Waals surface area contributed by atoms with Crippen LogP contribution in [0.3, 0.4) is 0 Å². The molecule has 2 heterocycles. The van der Waals surface area contributed by atoms with Crippen LogP contribution in [0.4, 0.5) is 4.79 Å². The molecule has 162 valence electrons. The minimum atomic E-state index is -1.44. The number of nitrogens with one attached hydrogen (secondary N) is 1. The average molecular weight is 412 g/mol. The molecule has 0 spiro atoms. The lowest BCUT2D eigenvalue weighted by Gasteiger charge is -2.31. The predicted molar refractivity (Wildman–Crippen MR) is 99.5 cm³/mol. The number of hydrogen-bond donors (Lipinski definition) is 2. The average Bonchev–Trinajstić information content (AvgIpc) is 3.00. The van der Waals surface area contributed by atoms with Crippen LogP contribution in [0, 0.1) is 0 Å². The minimum Gasteiger partial charge on any atom is -0.509 e. The molecule has 0 radical (unpaired) electrons. The van der Waals surface area contributed by atoms with Crippen molar-refractivity contribution in [1.29, 1.82) is 0 Å². The Bertz CT molecular complexity index is 728. The van der Waals surface area contributed by atoms with Gasteiger partial charge < -0.3 is 24.6 Å². The number of rotatable bonds is 3. The van der Waals surface area contributed by atoms with E-state index in [2.05, 4.69) is 5.32 Å². The number of aliphatic hydroxyl groups is 1. The van der Waals surface area contributed by atoms with Crippen LogP contribution in [-0.2, 0) is 28.6 Å². The van der Waals surface area contributed by atoms with Crippen LogP contribution in [0.15, 0.2) is 11.3 Å². The lowest BCUT2D eigenvalue weighted by atomic mass is 10.1. The van der Waals surface area contributed by atoms with Crippen molar-refractivity contribution >= 4 is 23.9 Å². The van der Waals surface area contributed by atoms with Gasteiger partial charge in [0, 0.05) is 20.4 Å². The summed E-state index contributed by atoms with van der Waals surface area (Å²) >= 11 is 0. The molecule has 0 saturated carbocycles. The Morgan fingerprint density at radius 3 is 2.31 bits per heavy atom. The third kappa shape index (κ3) is 5.39. The van der Waals surface area contributed by atoms with Gasteiger partial charge in [-0.25, -0.2) is 14.4 Å². The zero-order valence-corrected chi connectivity index (χ0v) is 17.5. The van der Waals surface area contributed by atoms with E-state index < -0.39 is 58.7 Å². The fourth-order valence-electron chi connectivity index (χ4n) is 3.03. The van der Waals surface area contributed by atoms with Gasteiger partial charge in [0.25, 0.3) is 5.79 Å². The SMILES string of the molecule is C[C@H](NC(=O)[C@@H]1CCCN1C(=O)OC(C)(C)C)C(O)=C1C(=O)OC(C)(C)OC1=O. The Labute approximate surface area is 169 Å². The zero-order valence-electron chi connectivity index (χ0n) is 17.5. The molecule has 0 unspecified atom stereocenters. The fraction of sp³-hybridized carbons (Fsp3) is 0.684. The highest BCUT2D eigenvalue weighted by molar-refractivity contribution is 6.15. The maximum Gasteiger partial charge on any atom is 0.410 e. The van der Waals surface area contributed by atoms with Gasteiger partial charge in [0.15, 0.2) is 5.57 Å². The lowest BCUT2D eigenvalue weighted by Crippen LogP contribution is -2.50. The van der Waals surface area contributed by atoms with E-state index in [1.165, 1.54) is 25.7 Å². The zero-order chi connectivity index (χ0) is 22.1. The normalized spacial score (nSPS) is 22.5. The molecule has 0 aromatic heterocycles. The summed E-state index contributed by atoms with van der Waals surface area (Å²) in [4.78, 5) is 50.4. The van der Waals surface area contributed by atoms with Crippen molar-refractivity contribution in [3.63, 3.8) is 0 Å². The van der Waals surface area contributed by atoms with Crippen molar-refractivity contribution in [3.05, 3.63) is 11.3 Å². The Kier molecular flexibility index (Phi) is 6.15. The molecule has 0 bridgehead atoms. The first kappa shape index (κ1) is 22.5. The second-order valence-electron chi connectivity index (χ2n) is 8.50. The second-order valence-corrected chi connectivity index (χ2v) is 8.50. The number of cyclic esters (lactones) is 2. The molecule has 10 nitrogen and oxygen atoms in total. The Morgan fingerprint density at radius 1 is 1.24 bits per heavy atom. The first-order valence-electron chi connectivity index (χ1n) is 9.41. The summed E-state index contributed by atoms with van der Waals surface area (Å²) in [6.45, 7) is 9.71. The van der Waals surface area contributed by atoms with Crippen LogP contribution < -0.4 is 5.32 Å². The number of aliphatic hydroxyl groups excluding tert-OH is 1. The molecule has 29 heavy (non-hydrogen) atoms. The highest BCUT2D eigenvalue weighted by atomic mass is 16.7. The Balaban J connectivity index is 2.10. The predicted octanol–water partition coefficient (Wildman–Crippen LogP) is 1.54. The van der Waals surface area contributed by atoms with Gasteiger partial charge in [0.05, 0.1) is 6.04 Å². The van der Waals surface area contributed by atoms with Crippen molar-refractivity contribution in [3.8, 4) is 0 Å². The summed E-state index contributed by atoms with van der Waals surface area (Å²) in [6.07, 6.45) is 0.437. The molecule has 2 rings (SSSR count). The molecule has 0 aromatic carbocycles. The highest BCUT2D eigenvalue weighted by Gasteiger charge is 2.43. The van der Waals surface area contributed by atoms with Gasteiger partial charge in [-0.2, -0.15) is 0 Å². The summed E-state index contributed by atoms with van der Waals surface area (Å²) in [7, 11) is 0. The van der Waals surface area contributed by atoms with Gasteiger partial charge in [0.2, 0.25) is 5.91 Å². The Hall–Kier alpha value is -2.78. The molecule has 0 aliphatic carbocycles. The molecule has 2 aliphatic rings. The first-order chi connectivity index (χ1) is 13.2. The molecular formula is C19H28N2O8. The van der Waals surface area contributed by atoms with Crippen molar-refractivity contribution in [2.45, 2.75) is 77.9 Å². The van der Waals surface area contributed by atoms with Crippen LogP contribution in [0.2, 0.25) is 0 Å². The molecule has 2 amide bonds. The van der Waals surface area contributed by atoms with Gasteiger partial charge >= 0.3 is 18.0 Å². The number of hydrogen-bond acceptors (Lipinski definition) is 8. The largest absolute Gasteiger partial charge is 0.509 e. The van der Waals surface area contributed by atoms with Crippen LogP contribution in [-0.4, -0.2) is 64.0 Å². The van der Waals surface area contributed by atoms with Crippen LogP contribution in [0.5, 0.6) is 0 Å². The topological polar surface area (TPSA) is 131 Å². The molecule has 10 heteroatoms. The van der Waals surface area contributed by atoms with E-state index in [0.717, 1.165) is 0 Å². The third-order valence-corrected chi connectivity index (χ3v) is 4.29. The lowest BCUT2D eigenvalue weighted by molar-refractivity contribution is -0.222. The van der Waals surface area contributed by atoms with E-state index in [-0.39, 0.29) is 0 Å². The summed E-state index contributed by atoms with van der Waals surface area (Å²) in [6, 6.07) is -1.87. The van der Waals surface area contributed by atoms with E-state index in [4.69, 9.17) is 14.2 Å². The van der Waals surface area contributed by atoms with Gasteiger partial charge in [-0.15, -0.1) is 0 Å². The van der Waals surface area contributed by atoms with Gasteiger partial charge in [-0.1, -0.05) is 0 Å². The van der Waals surface area contributed by atoms with Gasteiger partial charge in [-0.3, -0.25) is 9.69 Å². The van der Waals surface area contributed by atoms with Crippen molar-refractivity contribution in [2.75, 3.05) is 6.54 Å². The quantitative estimate of drug-likeness (QED) is 0.309. The highest BCUT2D eigenvalue weighted by Crippen LogP contribution is 2.25. The van der Waals surface area contributed by atoms with Crippen LogP contribution in [0.1, 0.15) is 54.4 Å². The summed E-state index contributed by atoms with van der Waals surface area (Å²) in [5.74, 6) is -4.74. The summed E-state index contributed by atoms with van der Waals surface area (Å²) in [5.41, 5.74) is -1.38. The monoisotopic (exact) mass is 412 g/mol. The maximum absolute atomic E-state index is 12.7. The van der Waals surface area contributed by atoms with Crippen molar-refractivity contribution in [1.82, 2.24) is 10.2 Å². The molecule has 2 fully saturated rings. The number of nitrogens with zero attached hydrogens (tertiary/aromatic N) is 1. The second kappa shape index (κ2) is 7.92. The van der Waals surface area contributed by atoms with E-state index in [9.17, 15) is 24.3 Å². The molecule has 2 aliphatic heterocycles. The standard InChI is InChI=1S/C19H28N2O8/c1-10(13(22)12-15(24)27-19(5,6)28-16(12)25)20-14(23)11-8-7-9-21(11)17(26)29-18(2,3)4/h10-11,22H,7-9H2,1-6H3,(H,20,23)/t10-,11-/m0/s1. The molecule has 0 aromatic rings. The number of likely N-dealkylation sites (tertiary alicyclic amines) is 1. The fourth-order valence-corrected chi connectivity index (χ4v) is 3.03. The van der Waals surface area contributed by atoms with Crippen molar-refractivity contribution in [2.24, 2.45) is 0 Å². The van der Waals surface area contributed by atoms with E-state index >= 15 is 0 Å². The number of ether oxygens (including phenoxy) is 3. The third-order valence-electron chi connectivity index (χ3n) is 4.29. The summed E-state index contributed by atoms with van der Waals surface area (Å²) < 4.78 is 15.2. The number of carbonyl (C=O) groups is 4. The van der Waals surface area contributed by atoms with Gasteiger partial charge in [-0.05, 0) is 40.5 Å². The molecule has 2 atom stereocenters. The number of amides is 2. The van der Waals surface area contributed by atoms with Gasteiger partial charge in [0.1, 0.15) is 17.4 Å². The molecule has 2 saturated heterocycles. The number of carbonyl (C=O) groups excluding carboxylic acids is 4. The van der Waals surface area contributed by atoms with E-state index in [0.29, 0.717) is 19.4 Å². The summed E-state index contributed by atoms with van der Waals surface area (Å²) in [5, 5.41) is 12.8. The number of esters is 2. The Morgan fingerprint density at radius 2 is 1.79 bits per heavy atom. The van der Waals surface area contributed by atoms with E-state index in [1.54, 1.807) is 20.8 Å². The van der Waals surface area contributed by atoms with E-state index in [1.807, 2.05) is 0 Å². The van der Waals surface area contributed by atoms with Crippen molar-refractivity contribution < 1.29 is 38.5 Å². The molecular weight excluding hydrogens is 384 g/mol. The maximum atomic E-state index is 12.7. The van der Waals surface area contributed by atoms with Crippen LogP contribution >= 0.6 is 0 Å².